The quantitative estimate of drug-likeness (QED) is 0.697. The lowest BCUT2D eigenvalue weighted by atomic mass is 10.0. The van der Waals surface area contributed by atoms with Crippen LogP contribution in [0.5, 0.6) is 0 Å². The molecule has 0 radical (unpaired) electrons. The molecule has 3 N–H and O–H groups in total. The zero-order valence-electron chi connectivity index (χ0n) is 9.31. The Morgan fingerprint density at radius 3 is 2.38 bits per heavy atom. The molecular weight excluding hydrogens is 228 g/mol. The standard InChI is InChI=1S/C11H16N2O2.ClH/c1-8(12-13-9(2)14)11(15)10-6-4-3-5-7-10;/h3-8,11-12,15H,1-2H3,(H,13,14);1H. The molecule has 0 saturated heterocycles. The van der Waals surface area contributed by atoms with E-state index < -0.39 is 6.10 Å². The van der Waals surface area contributed by atoms with Crippen molar-refractivity contribution in [3.63, 3.8) is 0 Å². The monoisotopic (exact) mass is 244 g/mol. The van der Waals surface area contributed by atoms with Crippen molar-refractivity contribution in [2.45, 2.75) is 26.0 Å². The van der Waals surface area contributed by atoms with Gasteiger partial charge in [0.15, 0.2) is 0 Å². The lowest BCUT2D eigenvalue weighted by molar-refractivity contribution is -0.120. The molecule has 1 aromatic rings. The molecule has 1 aromatic carbocycles. The molecule has 1 amide bonds. The maximum Gasteiger partial charge on any atom is 0.230 e. The van der Waals surface area contributed by atoms with Crippen LogP contribution >= 0.6 is 12.4 Å². The van der Waals surface area contributed by atoms with Gasteiger partial charge in [0.1, 0.15) is 0 Å². The highest BCUT2D eigenvalue weighted by Gasteiger charge is 2.15. The fraction of sp³-hybridized carbons (Fsp3) is 0.364. The minimum atomic E-state index is -0.641. The zero-order chi connectivity index (χ0) is 11.3. The van der Waals surface area contributed by atoms with Gasteiger partial charge in [-0.15, -0.1) is 12.4 Å². The van der Waals surface area contributed by atoms with E-state index >= 15 is 0 Å². The first-order valence-corrected chi connectivity index (χ1v) is 4.86. The number of halogens is 1. The summed E-state index contributed by atoms with van der Waals surface area (Å²) in [5.74, 6) is -0.179. The Balaban J connectivity index is 0.00000225. The van der Waals surface area contributed by atoms with Crippen LogP contribution in [-0.2, 0) is 4.79 Å². The van der Waals surface area contributed by atoms with E-state index in [1.54, 1.807) is 6.92 Å². The third-order valence-corrected chi connectivity index (χ3v) is 2.09. The molecule has 0 aliphatic carbocycles. The van der Waals surface area contributed by atoms with Gasteiger partial charge in [-0.25, -0.2) is 5.43 Å². The van der Waals surface area contributed by atoms with Crippen LogP contribution in [0.1, 0.15) is 25.5 Å². The van der Waals surface area contributed by atoms with E-state index in [0.717, 1.165) is 5.56 Å². The summed E-state index contributed by atoms with van der Waals surface area (Å²) in [7, 11) is 0. The maximum atomic E-state index is 10.7. The van der Waals surface area contributed by atoms with Crippen molar-refractivity contribution in [2.24, 2.45) is 0 Å². The normalized spacial score (nSPS) is 13.4. The minimum Gasteiger partial charge on any atom is -0.387 e. The number of amides is 1. The Morgan fingerprint density at radius 2 is 1.88 bits per heavy atom. The van der Waals surface area contributed by atoms with Gasteiger partial charge in [0.05, 0.1) is 12.1 Å². The molecule has 4 nitrogen and oxygen atoms in total. The highest BCUT2D eigenvalue weighted by Crippen LogP contribution is 2.15. The van der Waals surface area contributed by atoms with Gasteiger partial charge < -0.3 is 5.11 Å². The van der Waals surface area contributed by atoms with Gasteiger partial charge in [-0.1, -0.05) is 30.3 Å². The van der Waals surface area contributed by atoms with Gasteiger partial charge >= 0.3 is 0 Å². The van der Waals surface area contributed by atoms with E-state index in [0.29, 0.717) is 0 Å². The third-order valence-electron chi connectivity index (χ3n) is 2.09. The summed E-state index contributed by atoms with van der Waals surface area (Å²) in [5, 5.41) is 9.89. The first-order valence-electron chi connectivity index (χ1n) is 4.86. The predicted molar refractivity (Wildman–Crippen MR) is 65.1 cm³/mol. The van der Waals surface area contributed by atoms with E-state index in [4.69, 9.17) is 0 Å². The molecular formula is C11H17ClN2O2. The molecule has 0 aliphatic heterocycles. The number of hydrogen-bond donors (Lipinski definition) is 3. The second-order valence-corrected chi connectivity index (χ2v) is 3.47. The summed E-state index contributed by atoms with van der Waals surface area (Å²) in [6.45, 7) is 3.21. The molecule has 0 heterocycles. The van der Waals surface area contributed by atoms with Crippen LogP contribution in [0.4, 0.5) is 0 Å². The highest BCUT2D eigenvalue weighted by molar-refractivity contribution is 5.85. The van der Waals surface area contributed by atoms with Crippen molar-refractivity contribution in [1.82, 2.24) is 10.9 Å². The Bertz CT molecular complexity index is 319. The van der Waals surface area contributed by atoms with Crippen molar-refractivity contribution in [1.29, 1.82) is 0 Å². The largest absolute Gasteiger partial charge is 0.387 e. The predicted octanol–water partition coefficient (Wildman–Crippen LogP) is 1.17. The second kappa shape index (κ2) is 7.22. The number of carbonyl (C=O) groups is 1. The van der Waals surface area contributed by atoms with Gasteiger partial charge in [-0.2, -0.15) is 0 Å². The van der Waals surface area contributed by atoms with Crippen LogP contribution in [0.2, 0.25) is 0 Å². The molecule has 0 fully saturated rings. The summed E-state index contributed by atoms with van der Waals surface area (Å²) in [4.78, 5) is 10.7. The Kier molecular flexibility index (Phi) is 6.72. The second-order valence-electron chi connectivity index (χ2n) is 3.47. The highest BCUT2D eigenvalue weighted by atomic mass is 35.5. The van der Waals surface area contributed by atoms with E-state index in [1.807, 2.05) is 30.3 Å². The number of benzene rings is 1. The lowest BCUT2D eigenvalue weighted by Crippen LogP contribution is -2.44. The average molecular weight is 245 g/mol. The average Bonchev–Trinajstić information content (AvgIpc) is 2.26. The van der Waals surface area contributed by atoms with E-state index in [1.165, 1.54) is 6.92 Å². The Labute approximate surface area is 101 Å². The minimum absolute atomic E-state index is 0. The lowest BCUT2D eigenvalue weighted by Gasteiger charge is -2.20. The molecule has 2 unspecified atom stereocenters. The fourth-order valence-corrected chi connectivity index (χ4v) is 1.23. The molecule has 5 heteroatoms. The van der Waals surface area contributed by atoms with Crippen LogP contribution in [0.15, 0.2) is 30.3 Å². The molecule has 90 valence electrons. The van der Waals surface area contributed by atoms with Crippen LogP contribution in [0.25, 0.3) is 0 Å². The first kappa shape index (κ1) is 14.9. The van der Waals surface area contributed by atoms with Crippen molar-refractivity contribution in [3.05, 3.63) is 35.9 Å². The zero-order valence-corrected chi connectivity index (χ0v) is 10.1. The van der Waals surface area contributed by atoms with Crippen LogP contribution < -0.4 is 10.9 Å². The number of carbonyl (C=O) groups excluding carboxylic acids is 1. The summed E-state index contributed by atoms with van der Waals surface area (Å²) in [5.41, 5.74) is 6.00. The maximum absolute atomic E-state index is 10.7. The molecule has 1 rings (SSSR count). The third kappa shape index (κ3) is 4.61. The van der Waals surface area contributed by atoms with Crippen molar-refractivity contribution in [2.75, 3.05) is 0 Å². The summed E-state index contributed by atoms with van der Waals surface area (Å²) in [6.07, 6.45) is -0.641. The van der Waals surface area contributed by atoms with Crippen molar-refractivity contribution >= 4 is 18.3 Å². The van der Waals surface area contributed by atoms with Crippen LogP contribution in [0, 0.1) is 0 Å². The molecule has 16 heavy (non-hydrogen) atoms. The number of aliphatic hydroxyl groups excluding tert-OH is 1. The van der Waals surface area contributed by atoms with E-state index in [9.17, 15) is 9.90 Å². The molecule has 0 spiro atoms. The van der Waals surface area contributed by atoms with Gasteiger partial charge in [0, 0.05) is 6.92 Å². The topological polar surface area (TPSA) is 61.4 Å². The number of rotatable bonds is 4. The van der Waals surface area contributed by atoms with Crippen molar-refractivity contribution < 1.29 is 9.90 Å². The molecule has 0 saturated carbocycles. The van der Waals surface area contributed by atoms with Gasteiger partial charge in [-0.05, 0) is 12.5 Å². The molecule has 2 atom stereocenters. The van der Waals surface area contributed by atoms with Gasteiger partial charge in [-0.3, -0.25) is 10.2 Å². The van der Waals surface area contributed by atoms with Gasteiger partial charge in [0.25, 0.3) is 0 Å². The molecule has 0 aliphatic rings. The van der Waals surface area contributed by atoms with Crippen molar-refractivity contribution in [3.8, 4) is 0 Å². The SMILES string of the molecule is CC(=O)NNC(C)C(O)c1ccccc1.Cl. The van der Waals surface area contributed by atoms with Crippen LogP contribution in [-0.4, -0.2) is 17.1 Å². The first-order chi connectivity index (χ1) is 7.11. The Morgan fingerprint density at radius 1 is 1.31 bits per heavy atom. The number of nitrogens with one attached hydrogen (secondary N) is 2. The van der Waals surface area contributed by atoms with Crippen LogP contribution in [0.3, 0.4) is 0 Å². The fourth-order valence-electron chi connectivity index (χ4n) is 1.23. The number of aliphatic hydroxyl groups is 1. The molecule has 0 bridgehead atoms. The number of hydrazine groups is 1. The van der Waals surface area contributed by atoms with E-state index in [2.05, 4.69) is 10.9 Å². The summed E-state index contributed by atoms with van der Waals surface area (Å²) in [6, 6.07) is 9.07. The van der Waals surface area contributed by atoms with E-state index in [-0.39, 0.29) is 24.4 Å². The van der Waals surface area contributed by atoms with Gasteiger partial charge in [0.2, 0.25) is 5.91 Å². The summed E-state index contributed by atoms with van der Waals surface area (Å²) >= 11 is 0. The summed E-state index contributed by atoms with van der Waals surface area (Å²) < 4.78 is 0. The Hall–Kier alpha value is -1.10. The number of hydrogen-bond acceptors (Lipinski definition) is 3. The smallest absolute Gasteiger partial charge is 0.230 e. The molecule has 0 aromatic heterocycles.